The third-order valence-electron chi connectivity index (χ3n) is 5.82. The van der Waals surface area contributed by atoms with Gasteiger partial charge in [-0.1, -0.05) is 49.4 Å². The number of allylic oxidation sites excluding steroid dienone is 1. The fourth-order valence-corrected chi connectivity index (χ4v) is 3.84. The maximum Gasteiger partial charge on any atom is 0.409 e. The number of hydrogen-bond donors (Lipinski definition) is 1. The molecule has 0 amide bonds. The fourth-order valence-electron chi connectivity index (χ4n) is 3.84. The zero-order valence-electron chi connectivity index (χ0n) is 19.5. The van der Waals surface area contributed by atoms with E-state index in [0.717, 1.165) is 17.7 Å². The first-order chi connectivity index (χ1) is 17.5. The van der Waals surface area contributed by atoms with Crippen molar-refractivity contribution in [2.45, 2.75) is 38.2 Å². The molecule has 194 valence electrons. The number of alkyl halides is 3. The summed E-state index contributed by atoms with van der Waals surface area (Å²) in [5.41, 5.74) is -0.506. The number of hydrogen-bond acceptors (Lipinski definition) is 6. The van der Waals surface area contributed by atoms with Crippen molar-refractivity contribution in [2.24, 2.45) is 5.92 Å². The molecule has 0 aliphatic heterocycles. The zero-order valence-corrected chi connectivity index (χ0v) is 19.5. The Morgan fingerprint density at radius 2 is 1.81 bits per heavy atom. The van der Waals surface area contributed by atoms with Gasteiger partial charge in [0.15, 0.2) is 6.54 Å². The van der Waals surface area contributed by atoms with Gasteiger partial charge >= 0.3 is 6.18 Å². The SMILES string of the molecule is C[C@@H](C/C=C/c1ccc(-c2nnn(CC(F)(F)F)n2)cc1)[C@](O)(Cn1cncn1)c1ccc(F)cc1F. The molecule has 0 radical (unpaired) electrons. The summed E-state index contributed by atoms with van der Waals surface area (Å²) < 4.78 is 67.0. The minimum absolute atomic E-state index is 0.0549. The van der Waals surface area contributed by atoms with E-state index in [2.05, 4.69) is 25.5 Å². The molecule has 37 heavy (non-hydrogen) atoms. The number of tetrazole rings is 1. The molecule has 0 spiro atoms. The normalized spacial score (nSPS) is 14.7. The van der Waals surface area contributed by atoms with Crippen LogP contribution in [0.2, 0.25) is 0 Å². The lowest BCUT2D eigenvalue weighted by molar-refractivity contribution is -0.145. The Morgan fingerprint density at radius 1 is 1.05 bits per heavy atom. The van der Waals surface area contributed by atoms with E-state index in [1.54, 1.807) is 43.3 Å². The molecule has 2 aromatic carbocycles. The van der Waals surface area contributed by atoms with E-state index in [0.29, 0.717) is 16.8 Å². The average molecular weight is 519 g/mol. The summed E-state index contributed by atoms with van der Waals surface area (Å²) in [6, 6.07) is 9.78. The number of aromatic nitrogens is 7. The van der Waals surface area contributed by atoms with Gasteiger partial charge in [-0.05, 0) is 29.2 Å². The maximum atomic E-state index is 14.6. The standard InChI is InChI=1S/C24H22F5N7O/c1-16(23(37,12-35-15-30-14-31-35)20-10-9-19(25)11-21(20)26)3-2-4-17-5-7-18(8-6-17)22-32-34-36(33-22)13-24(27,28)29/h2,4-11,14-16,37H,3,12-13H2,1H3/b4-2+/t16-,23+/m0/s1. The molecule has 0 fully saturated rings. The van der Waals surface area contributed by atoms with Crippen molar-refractivity contribution in [2.75, 3.05) is 0 Å². The second-order valence-electron chi connectivity index (χ2n) is 8.56. The molecule has 8 nitrogen and oxygen atoms in total. The van der Waals surface area contributed by atoms with Crippen molar-refractivity contribution < 1.29 is 27.1 Å². The second-order valence-corrected chi connectivity index (χ2v) is 8.56. The molecule has 2 heterocycles. The lowest BCUT2D eigenvalue weighted by Gasteiger charge is -2.34. The third-order valence-corrected chi connectivity index (χ3v) is 5.82. The number of rotatable bonds is 9. The van der Waals surface area contributed by atoms with Gasteiger partial charge in [0.05, 0.1) is 6.54 Å². The van der Waals surface area contributed by atoms with Crippen molar-refractivity contribution in [3.63, 3.8) is 0 Å². The highest BCUT2D eigenvalue weighted by Crippen LogP contribution is 2.36. The minimum Gasteiger partial charge on any atom is -0.383 e. The van der Waals surface area contributed by atoms with E-state index in [4.69, 9.17) is 0 Å². The van der Waals surface area contributed by atoms with Crippen molar-refractivity contribution in [3.8, 4) is 11.4 Å². The number of halogens is 5. The van der Waals surface area contributed by atoms with Gasteiger partial charge in [0.1, 0.15) is 29.9 Å². The summed E-state index contributed by atoms with van der Waals surface area (Å²) in [6.45, 7) is 0.314. The highest BCUT2D eigenvalue weighted by atomic mass is 19.4. The Hall–Kier alpha value is -4.00. The first-order valence-corrected chi connectivity index (χ1v) is 11.2. The van der Waals surface area contributed by atoms with Crippen LogP contribution in [0.1, 0.15) is 24.5 Å². The molecular formula is C24H22F5N7O. The van der Waals surface area contributed by atoms with Crippen molar-refractivity contribution >= 4 is 6.08 Å². The van der Waals surface area contributed by atoms with Gasteiger partial charge in [-0.3, -0.25) is 0 Å². The first kappa shape index (κ1) is 26.1. The predicted molar refractivity (Wildman–Crippen MR) is 122 cm³/mol. The van der Waals surface area contributed by atoms with Crippen LogP contribution in [0.25, 0.3) is 17.5 Å². The second kappa shape index (κ2) is 10.5. The topological polar surface area (TPSA) is 94.5 Å². The molecule has 0 bridgehead atoms. The van der Waals surface area contributed by atoms with E-state index in [-0.39, 0.29) is 17.9 Å². The van der Waals surface area contributed by atoms with Crippen LogP contribution >= 0.6 is 0 Å². The van der Waals surface area contributed by atoms with Crippen LogP contribution < -0.4 is 0 Å². The highest BCUT2D eigenvalue weighted by Gasteiger charge is 2.38. The van der Waals surface area contributed by atoms with Crippen LogP contribution in [0.15, 0.2) is 61.2 Å². The van der Waals surface area contributed by atoms with E-state index in [9.17, 15) is 27.1 Å². The molecule has 4 aromatic rings. The lowest BCUT2D eigenvalue weighted by Crippen LogP contribution is -2.39. The van der Waals surface area contributed by atoms with Gasteiger partial charge in [0.2, 0.25) is 5.82 Å². The van der Waals surface area contributed by atoms with Gasteiger partial charge in [-0.25, -0.2) is 18.4 Å². The molecule has 0 aliphatic rings. The Labute approximate surface area is 208 Å². The van der Waals surface area contributed by atoms with Crippen molar-refractivity contribution in [1.82, 2.24) is 35.0 Å². The van der Waals surface area contributed by atoms with Crippen LogP contribution in [0.4, 0.5) is 22.0 Å². The first-order valence-electron chi connectivity index (χ1n) is 11.2. The summed E-state index contributed by atoms with van der Waals surface area (Å²) in [7, 11) is 0. The molecule has 13 heteroatoms. The summed E-state index contributed by atoms with van der Waals surface area (Å²) >= 11 is 0. The van der Waals surface area contributed by atoms with E-state index in [1.165, 1.54) is 23.4 Å². The third kappa shape index (κ3) is 6.42. The Balaban J connectivity index is 1.47. The number of aliphatic hydroxyl groups is 1. The van der Waals surface area contributed by atoms with Crippen LogP contribution in [-0.2, 0) is 18.7 Å². The molecule has 0 aliphatic carbocycles. The van der Waals surface area contributed by atoms with Crippen molar-refractivity contribution in [3.05, 3.63) is 84.0 Å². The van der Waals surface area contributed by atoms with Crippen molar-refractivity contribution in [1.29, 1.82) is 0 Å². The van der Waals surface area contributed by atoms with E-state index in [1.807, 2.05) is 0 Å². The molecule has 0 unspecified atom stereocenters. The lowest BCUT2D eigenvalue weighted by atomic mass is 9.80. The summed E-state index contributed by atoms with van der Waals surface area (Å²) in [5, 5.41) is 26.4. The van der Waals surface area contributed by atoms with E-state index >= 15 is 0 Å². The smallest absolute Gasteiger partial charge is 0.383 e. The maximum absolute atomic E-state index is 14.6. The summed E-state index contributed by atoms with van der Waals surface area (Å²) in [5.74, 6) is -2.07. The minimum atomic E-state index is -4.45. The predicted octanol–water partition coefficient (Wildman–Crippen LogP) is 4.40. The molecule has 1 N–H and O–H groups in total. The average Bonchev–Trinajstić information content (AvgIpc) is 3.50. The fraction of sp³-hybridized carbons (Fsp3) is 0.292. The van der Waals surface area contributed by atoms with Gasteiger partial charge in [0.25, 0.3) is 0 Å². The van der Waals surface area contributed by atoms with Gasteiger partial charge in [-0.15, -0.1) is 10.2 Å². The largest absolute Gasteiger partial charge is 0.409 e. The number of benzene rings is 2. The monoisotopic (exact) mass is 519 g/mol. The quantitative estimate of drug-likeness (QED) is 0.330. The molecule has 2 aromatic heterocycles. The molecule has 0 saturated heterocycles. The van der Waals surface area contributed by atoms with Crippen LogP contribution in [0.3, 0.4) is 0 Å². The van der Waals surface area contributed by atoms with Gasteiger partial charge < -0.3 is 5.11 Å². The summed E-state index contributed by atoms with van der Waals surface area (Å²) in [6.07, 6.45) is 2.15. The molecule has 0 saturated carbocycles. The van der Waals surface area contributed by atoms with Gasteiger partial charge in [0, 0.05) is 17.2 Å². The molecular weight excluding hydrogens is 497 g/mol. The summed E-state index contributed by atoms with van der Waals surface area (Å²) in [4.78, 5) is 4.33. The highest BCUT2D eigenvalue weighted by molar-refractivity contribution is 5.59. The zero-order chi connectivity index (χ0) is 26.6. The van der Waals surface area contributed by atoms with Gasteiger partial charge in [-0.2, -0.15) is 23.1 Å². The van der Waals surface area contributed by atoms with Crippen LogP contribution in [-0.4, -0.2) is 46.3 Å². The Kier molecular flexibility index (Phi) is 7.43. The Morgan fingerprint density at radius 3 is 2.46 bits per heavy atom. The molecule has 2 atom stereocenters. The number of nitrogens with zero attached hydrogens (tertiary/aromatic N) is 7. The van der Waals surface area contributed by atoms with E-state index < -0.39 is 35.9 Å². The van der Waals surface area contributed by atoms with Crippen LogP contribution in [0.5, 0.6) is 0 Å². The molecule has 4 rings (SSSR count). The Bertz CT molecular complexity index is 1350. The van der Waals surface area contributed by atoms with Crippen LogP contribution in [0, 0.1) is 17.6 Å².